The largest absolute Gasteiger partial charge is 0.462 e. The summed E-state index contributed by atoms with van der Waals surface area (Å²) in [5.41, 5.74) is 2.41. The Balaban J connectivity index is 1.76. The van der Waals surface area contributed by atoms with Crippen molar-refractivity contribution in [3.8, 4) is 0 Å². The summed E-state index contributed by atoms with van der Waals surface area (Å²) in [5, 5.41) is 4.55. The van der Waals surface area contributed by atoms with Gasteiger partial charge in [-0.15, -0.1) is 0 Å². The number of hydrogen-bond acceptors (Lipinski definition) is 4. The number of carbonyl (C=O) groups is 3. The van der Waals surface area contributed by atoms with E-state index in [1.165, 1.54) is 0 Å². The number of hydrogen-bond donors (Lipinski definition) is 1. The highest BCUT2D eigenvalue weighted by Gasteiger charge is 2.28. The molecule has 2 aromatic carbocycles. The summed E-state index contributed by atoms with van der Waals surface area (Å²) in [6.45, 7) is 8.61. The Labute approximate surface area is 221 Å². The quantitative estimate of drug-likeness (QED) is 0.302. The molecule has 0 bridgehead atoms. The average Bonchev–Trinajstić information content (AvgIpc) is 2.90. The van der Waals surface area contributed by atoms with E-state index in [9.17, 15) is 14.4 Å². The number of aryl methyl sites for hydroxylation is 1. The van der Waals surface area contributed by atoms with Crippen molar-refractivity contribution in [2.75, 3.05) is 6.61 Å². The molecular formula is C32H43NO4. The third kappa shape index (κ3) is 6.25. The molecular weight excluding hydrogens is 462 g/mol. The number of amides is 1. The molecule has 0 radical (unpaired) electrons. The predicted molar refractivity (Wildman–Crippen MR) is 148 cm³/mol. The fourth-order valence-electron chi connectivity index (χ4n) is 6.23. The number of esters is 1. The van der Waals surface area contributed by atoms with Gasteiger partial charge in [0.15, 0.2) is 5.78 Å². The lowest BCUT2D eigenvalue weighted by atomic mass is 9.79. The van der Waals surface area contributed by atoms with Gasteiger partial charge in [0.2, 0.25) is 0 Å². The van der Waals surface area contributed by atoms with Crippen molar-refractivity contribution < 1.29 is 19.1 Å². The molecule has 0 saturated heterocycles. The molecule has 2 aliphatic rings. The summed E-state index contributed by atoms with van der Waals surface area (Å²) in [6, 6.07) is 7.41. The molecule has 0 unspecified atom stereocenters. The molecule has 2 fully saturated rings. The van der Waals surface area contributed by atoms with Crippen molar-refractivity contribution in [1.29, 1.82) is 0 Å². The first-order valence-electron chi connectivity index (χ1n) is 14.4. The Morgan fingerprint density at radius 3 is 2.00 bits per heavy atom. The minimum Gasteiger partial charge on any atom is -0.462 e. The third-order valence-corrected chi connectivity index (χ3v) is 8.63. The van der Waals surface area contributed by atoms with Crippen LogP contribution < -0.4 is 5.32 Å². The summed E-state index contributed by atoms with van der Waals surface area (Å²) in [7, 11) is 0. The lowest BCUT2D eigenvalue weighted by Crippen LogP contribution is -2.37. The van der Waals surface area contributed by atoms with Crippen molar-refractivity contribution in [2.45, 2.75) is 97.9 Å². The second-order valence-electron chi connectivity index (χ2n) is 11.4. The average molecular weight is 506 g/mol. The van der Waals surface area contributed by atoms with Crippen LogP contribution in [0.4, 0.5) is 0 Å². The molecule has 0 heterocycles. The van der Waals surface area contributed by atoms with E-state index in [4.69, 9.17) is 4.74 Å². The summed E-state index contributed by atoms with van der Waals surface area (Å²) in [6.07, 6.45) is 9.82. The third-order valence-electron chi connectivity index (χ3n) is 8.63. The Morgan fingerprint density at radius 1 is 0.784 bits per heavy atom. The van der Waals surface area contributed by atoms with Gasteiger partial charge in [0, 0.05) is 29.0 Å². The molecule has 0 aliphatic heterocycles. The van der Waals surface area contributed by atoms with Crippen LogP contribution in [0.25, 0.3) is 10.8 Å². The van der Waals surface area contributed by atoms with E-state index in [0.717, 1.165) is 68.2 Å². The summed E-state index contributed by atoms with van der Waals surface area (Å²) >= 11 is 0. The number of carbonyl (C=O) groups excluding carboxylic acids is 3. The molecule has 37 heavy (non-hydrogen) atoms. The molecule has 0 spiro atoms. The van der Waals surface area contributed by atoms with E-state index >= 15 is 0 Å². The van der Waals surface area contributed by atoms with Gasteiger partial charge in [-0.25, -0.2) is 4.79 Å². The zero-order valence-corrected chi connectivity index (χ0v) is 23.0. The van der Waals surface area contributed by atoms with Crippen molar-refractivity contribution in [3.05, 3.63) is 46.5 Å². The van der Waals surface area contributed by atoms with Gasteiger partial charge in [-0.1, -0.05) is 45.7 Å². The molecule has 5 heteroatoms. The molecule has 2 aromatic rings. The number of rotatable bonds is 8. The number of ketones is 1. The van der Waals surface area contributed by atoms with Gasteiger partial charge >= 0.3 is 5.97 Å². The molecule has 0 atom stereocenters. The van der Waals surface area contributed by atoms with E-state index in [1.807, 2.05) is 19.1 Å². The topological polar surface area (TPSA) is 72.5 Å². The van der Waals surface area contributed by atoms with Crippen LogP contribution in [0.3, 0.4) is 0 Å². The van der Waals surface area contributed by atoms with E-state index < -0.39 is 5.97 Å². The van der Waals surface area contributed by atoms with Gasteiger partial charge in [0.1, 0.15) is 0 Å². The lowest BCUT2D eigenvalue weighted by Gasteiger charge is -2.27. The van der Waals surface area contributed by atoms with Crippen LogP contribution in [0.15, 0.2) is 24.3 Å². The Kier molecular flexibility index (Phi) is 9.04. The van der Waals surface area contributed by atoms with Crippen LogP contribution in [0.5, 0.6) is 0 Å². The summed E-state index contributed by atoms with van der Waals surface area (Å²) in [5.74, 6) is 1.27. The summed E-state index contributed by atoms with van der Waals surface area (Å²) in [4.78, 5) is 40.4. The second kappa shape index (κ2) is 12.2. The maximum Gasteiger partial charge on any atom is 0.338 e. The van der Waals surface area contributed by atoms with Crippen molar-refractivity contribution in [1.82, 2.24) is 5.32 Å². The molecule has 5 nitrogen and oxygen atoms in total. The Morgan fingerprint density at radius 2 is 1.38 bits per heavy atom. The monoisotopic (exact) mass is 505 g/mol. The fourth-order valence-corrected chi connectivity index (χ4v) is 6.23. The smallest absolute Gasteiger partial charge is 0.338 e. The highest BCUT2D eigenvalue weighted by Crippen LogP contribution is 2.35. The van der Waals surface area contributed by atoms with Crippen LogP contribution in [-0.2, 0) is 11.2 Å². The second-order valence-corrected chi connectivity index (χ2v) is 11.4. The maximum atomic E-state index is 13.7. The highest BCUT2D eigenvalue weighted by molar-refractivity contribution is 6.20. The summed E-state index contributed by atoms with van der Waals surface area (Å²) < 4.78 is 5.39. The normalized spacial score (nSPS) is 24.0. The van der Waals surface area contributed by atoms with E-state index in [-0.39, 0.29) is 24.3 Å². The van der Waals surface area contributed by atoms with E-state index in [1.54, 1.807) is 19.1 Å². The first-order chi connectivity index (χ1) is 17.8. The molecule has 4 rings (SSSR count). The molecule has 2 aliphatic carbocycles. The standard InChI is InChI=1S/C32H43NO4/c1-5-23-13-16-25(28(34)19-22-11-7-20(3)8-12-22)30-27(32(36)37-6-2)18-17-26(29(23)30)31(35)33-24-14-9-21(4)10-15-24/h13,16-18,20-22,24H,5-12,14-15,19H2,1-4H3,(H,33,35). The molecule has 1 amide bonds. The fraction of sp³-hybridized carbons (Fsp3) is 0.594. The molecule has 1 N–H and O–H groups in total. The van der Waals surface area contributed by atoms with Crippen LogP contribution in [0.1, 0.15) is 122 Å². The number of fused-ring (bicyclic) bond motifs is 1. The Bertz CT molecular complexity index is 1140. The van der Waals surface area contributed by atoms with Crippen molar-refractivity contribution in [2.24, 2.45) is 17.8 Å². The number of Topliss-reactive ketones (excluding diaryl/α,β-unsaturated/α-hetero) is 1. The first kappa shape index (κ1) is 27.3. The van der Waals surface area contributed by atoms with Gasteiger partial charge in [0.25, 0.3) is 5.91 Å². The van der Waals surface area contributed by atoms with Gasteiger partial charge in [-0.05, 0) is 92.7 Å². The van der Waals surface area contributed by atoms with Gasteiger partial charge in [0.05, 0.1) is 12.2 Å². The molecule has 200 valence electrons. The lowest BCUT2D eigenvalue weighted by molar-refractivity contribution is 0.0528. The molecule has 2 saturated carbocycles. The maximum absolute atomic E-state index is 13.7. The van der Waals surface area contributed by atoms with Crippen LogP contribution in [-0.4, -0.2) is 30.3 Å². The van der Waals surface area contributed by atoms with Gasteiger partial charge in [-0.3, -0.25) is 9.59 Å². The predicted octanol–water partition coefficient (Wildman–Crippen LogP) is 7.29. The Hall–Kier alpha value is -2.69. The zero-order chi connectivity index (χ0) is 26.5. The highest BCUT2D eigenvalue weighted by atomic mass is 16.5. The minimum absolute atomic E-state index is 0.0524. The first-order valence-corrected chi connectivity index (χ1v) is 14.4. The van der Waals surface area contributed by atoms with Crippen molar-refractivity contribution >= 4 is 28.4 Å². The van der Waals surface area contributed by atoms with Crippen molar-refractivity contribution in [3.63, 3.8) is 0 Å². The van der Waals surface area contributed by atoms with E-state index in [2.05, 4.69) is 19.2 Å². The SMILES string of the molecule is CCOC(=O)c1ccc(C(=O)NC2CCC(C)CC2)c2c(CC)ccc(C(=O)CC3CCC(C)CC3)c12. The number of ether oxygens (including phenoxy) is 1. The zero-order valence-electron chi connectivity index (χ0n) is 23.0. The molecule has 0 aromatic heterocycles. The van der Waals surface area contributed by atoms with Gasteiger partial charge < -0.3 is 10.1 Å². The van der Waals surface area contributed by atoms with E-state index in [0.29, 0.717) is 46.8 Å². The number of nitrogens with one attached hydrogen (secondary N) is 1. The van der Waals surface area contributed by atoms with Crippen LogP contribution >= 0.6 is 0 Å². The number of benzene rings is 2. The van der Waals surface area contributed by atoms with Crippen LogP contribution in [0.2, 0.25) is 0 Å². The minimum atomic E-state index is -0.450. The van der Waals surface area contributed by atoms with Crippen LogP contribution in [0, 0.1) is 17.8 Å². The van der Waals surface area contributed by atoms with Gasteiger partial charge in [-0.2, -0.15) is 0 Å².